The van der Waals surface area contributed by atoms with Gasteiger partial charge in [-0.05, 0) is 101 Å². The first-order chi connectivity index (χ1) is 33.7. The van der Waals surface area contributed by atoms with Gasteiger partial charge in [-0.25, -0.2) is 0 Å². The van der Waals surface area contributed by atoms with Crippen LogP contribution in [0, 0.1) is 0 Å². The van der Waals surface area contributed by atoms with Gasteiger partial charge in [0.05, 0.1) is 16.7 Å². The molecule has 11 aromatic carbocycles. The van der Waals surface area contributed by atoms with Crippen LogP contribution in [0.3, 0.4) is 0 Å². The number of hydrogen-bond acceptors (Lipinski definition) is 3. The van der Waals surface area contributed by atoms with Gasteiger partial charge in [-0.3, -0.25) is 0 Å². The van der Waals surface area contributed by atoms with Crippen molar-refractivity contribution in [3.05, 3.63) is 243 Å². The molecule has 0 spiro atoms. The van der Waals surface area contributed by atoms with Gasteiger partial charge in [-0.1, -0.05) is 170 Å². The van der Waals surface area contributed by atoms with Crippen LogP contribution in [0.1, 0.15) is 0 Å². The molecule has 0 radical (unpaired) electrons. The quantitative estimate of drug-likeness (QED) is 0.160. The molecule has 0 N–H and O–H groups in total. The molecule has 4 heteroatoms. The number of hydrogen-bond donors (Lipinski definition) is 0. The van der Waals surface area contributed by atoms with Gasteiger partial charge in [0.25, 0.3) is 0 Å². The van der Waals surface area contributed by atoms with Gasteiger partial charge in [0.2, 0.25) is 0 Å². The predicted octanol–water partition coefficient (Wildman–Crippen LogP) is 18.2. The number of rotatable bonds is 7. The molecular formula is C64H40N2O2. The normalized spacial score (nSPS) is 11.8. The van der Waals surface area contributed by atoms with Gasteiger partial charge in [0, 0.05) is 65.7 Å². The maximum absolute atomic E-state index is 6.95. The molecule has 4 nitrogen and oxygen atoms in total. The molecule has 0 aliphatic rings. The highest BCUT2D eigenvalue weighted by Gasteiger charge is 2.23. The molecule has 68 heavy (non-hydrogen) atoms. The molecule has 14 aromatic rings. The van der Waals surface area contributed by atoms with Crippen LogP contribution in [0.4, 0.5) is 17.1 Å². The van der Waals surface area contributed by atoms with E-state index >= 15 is 0 Å². The number of nitrogens with zero attached hydrogens (tertiary/aromatic N) is 2. The molecular weight excluding hydrogens is 829 g/mol. The zero-order valence-electron chi connectivity index (χ0n) is 36.8. The fraction of sp³-hybridized carbons (Fsp3) is 0. The molecule has 3 aromatic heterocycles. The van der Waals surface area contributed by atoms with Gasteiger partial charge < -0.3 is 18.3 Å². The second-order valence-corrected chi connectivity index (χ2v) is 17.6. The summed E-state index contributed by atoms with van der Waals surface area (Å²) in [7, 11) is 0. The molecule has 0 saturated carbocycles. The Morgan fingerprint density at radius 2 is 0.853 bits per heavy atom. The molecule has 3 heterocycles. The third-order valence-electron chi connectivity index (χ3n) is 13.8. The lowest BCUT2D eigenvalue weighted by Crippen LogP contribution is -2.10. The van der Waals surface area contributed by atoms with Crippen LogP contribution in [-0.2, 0) is 0 Å². The van der Waals surface area contributed by atoms with Crippen LogP contribution < -0.4 is 4.90 Å². The third kappa shape index (κ3) is 5.94. The zero-order valence-corrected chi connectivity index (χ0v) is 36.8. The lowest BCUT2D eigenvalue weighted by Gasteiger charge is -2.27. The highest BCUT2D eigenvalue weighted by atomic mass is 16.3. The van der Waals surface area contributed by atoms with Crippen LogP contribution in [0.15, 0.2) is 251 Å². The van der Waals surface area contributed by atoms with Crippen LogP contribution in [0.25, 0.3) is 116 Å². The van der Waals surface area contributed by atoms with Gasteiger partial charge in [0.15, 0.2) is 0 Å². The van der Waals surface area contributed by atoms with Crippen LogP contribution >= 0.6 is 0 Å². The van der Waals surface area contributed by atoms with Crippen molar-refractivity contribution in [2.75, 3.05) is 4.90 Å². The molecule has 0 aliphatic heterocycles. The van der Waals surface area contributed by atoms with E-state index in [-0.39, 0.29) is 0 Å². The molecule has 0 fully saturated rings. The molecule has 318 valence electrons. The van der Waals surface area contributed by atoms with E-state index < -0.39 is 0 Å². The average molecular weight is 869 g/mol. The van der Waals surface area contributed by atoms with Crippen molar-refractivity contribution < 1.29 is 8.83 Å². The lowest BCUT2D eigenvalue weighted by atomic mass is 9.96. The number of aromatic nitrogens is 1. The van der Waals surface area contributed by atoms with Crippen LogP contribution in [0.2, 0.25) is 0 Å². The topological polar surface area (TPSA) is 34.5 Å². The van der Waals surface area contributed by atoms with Crippen molar-refractivity contribution in [2.24, 2.45) is 0 Å². The molecule has 0 aliphatic carbocycles. The Labute approximate surface area is 391 Å². The Kier molecular flexibility index (Phi) is 8.55. The van der Waals surface area contributed by atoms with E-state index in [1.54, 1.807) is 0 Å². The average Bonchev–Trinajstić information content (AvgIpc) is 4.09. The Balaban J connectivity index is 0.973. The molecule has 14 rings (SSSR count). The summed E-state index contributed by atoms with van der Waals surface area (Å²) in [5.41, 5.74) is 16.9. The predicted molar refractivity (Wildman–Crippen MR) is 284 cm³/mol. The first kappa shape index (κ1) is 38.2. The first-order valence-corrected chi connectivity index (χ1v) is 23.2. The summed E-state index contributed by atoms with van der Waals surface area (Å²) >= 11 is 0. The minimum absolute atomic E-state index is 0.856. The van der Waals surface area contributed by atoms with Gasteiger partial charge >= 0.3 is 0 Å². The standard InChI is InChI=1S/C64H40N2O2/c1-3-15-41(16-4-1)42-29-34-46(35-30-42)65(47-36-31-43(32-37-47)49-24-13-25-54-52-21-10-12-27-60(52)67-63(49)54)59-40-56-62-48(23-14-28-61(62)68-64(56)53-22-8-7-19-50(53)59)44-33-38-58-55(39-44)51-20-9-11-26-57(51)66(58)45-17-5-2-6-18-45/h1-40H. The molecule has 0 amide bonds. The van der Waals surface area contributed by atoms with E-state index in [4.69, 9.17) is 8.83 Å². The van der Waals surface area contributed by atoms with E-state index in [9.17, 15) is 0 Å². The monoisotopic (exact) mass is 868 g/mol. The summed E-state index contributed by atoms with van der Waals surface area (Å²) in [5.74, 6) is 0. The summed E-state index contributed by atoms with van der Waals surface area (Å²) in [6, 6.07) is 86.9. The molecule has 0 unspecified atom stereocenters. The third-order valence-corrected chi connectivity index (χ3v) is 13.8. The van der Waals surface area contributed by atoms with E-state index in [0.717, 1.165) is 99.7 Å². The summed E-state index contributed by atoms with van der Waals surface area (Å²) in [6.45, 7) is 0. The molecule has 0 bridgehead atoms. The number of fused-ring (bicyclic) bond motifs is 11. The van der Waals surface area contributed by atoms with E-state index in [0.29, 0.717) is 0 Å². The summed E-state index contributed by atoms with van der Waals surface area (Å²) in [5, 5.41) is 8.99. The highest BCUT2D eigenvalue weighted by Crippen LogP contribution is 2.48. The van der Waals surface area contributed by atoms with E-state index in [1.165, 1.54) is 32.9 Å². The van der Waals surface area contributed by atoms with Gasteiger partial charge in [0.1, 0.15) is 22.3 Å². The summed E-state index contributed by atoms with van der Waals surface area (Å²) in [4.78, 5) is 2.40. The van der Waals surface area contributed by atoms with Crippen molar-refractivity contribution in [1.82, 2.24) is 4.57 Å². The van der Waals surface area contributed by atoms with Gasteiger partial charge in [-0.15, -0.1) is 0 Å². The van der Waals surface area contributed by atoms with E-state index in [1.807, 2.05) is 12.1 Å². The number of furan rings is 2. The second-order valence-electron chi connectivity index (χ2n) is 17.6. The minimum Gasteiger partial charge on any atom is -0.455 e. The lowest BCUT2D eigenvalue weighted by molar-refractivity contribution is 0.670. The van der Waals surface area contributed by atoms with Crippen molar-refractivity contribution in [2.45, 2.75) is 0 Å². The van der Waals surface area contributed by atoms with E-state index in [2.05, 4.69) is 240 Å². The fourth-order valence-corrected chi connectivity index (χ4v) is 10.7. The zero-order chi connectivity index (χ0) is 44.7. The number of benzene rings is 11. The second kappa shape index (κ2) is 15.2. The van der Waals surface area contributed by atoms with Crippen molar-refractivity contribution in [3.63, 3.8) is 0 Å². The van der Waals surface area contributed by atoms with Crippen molar-refractivity contribution >= 4 is 93.5 Å². The molecule has 0 atom stereocenters. The Hall–Kier alpha value is -9.12. The highest BCUT2D eigenvalue weighted by molar-refractivity contribution is 6.23. The van der Waals surface area contributed by atoms with Crippen LogP contribution in [-0.4, -0.2) is 4.57 Å². The maximum Gasteiger partial charge on any atom is 0.143 e. The first-order valence-electron chi connectivity index (χ1n) is 23.2. The Morgan fingerprint density at radius 3 is 1.65 bits per heavy atom. The van der Waals surface area contributed by atoms with Crippen molar-refractivity contribution in [1.29, 1.82) is 0 Å². The van der Waals surface area contributed by atoms with Crippen molar-refractivity contribution in [3.8, 4) is 39.1 Å². The largest absolute Gasteiger partial charge is 0.455 e. The summed E-state index contributed by atoms with van der Waals surface area (Å²) in [6.07, 6.45) is 0. The SMILES string of the molecule is c1ccc(-c2ccc(N(c3ccc(-c4cccc5c4oc4ccccc45)cc3)c3cc4c(oc5cccc(-c6ccc7c(c6)c6ccccc6n7-c6ccccc6)c54)c4ccccc34)cc2)cc1. The summed E-state index contributed by atoms with van der Waals surface area (Å²) < 4.78 is 15.8. The smallest absolute Gasteiger partial charge is 0.143 e. The Bertz CT molecular complexity index is 4240. The minimum atomic E-state index is 0.856. The fourth-order valence-electron chi connectivity index (χ4n) is 10.7. The Morgan fingerprint density at radius 1 is 0.309 bits per heavy atom. The maximum atomic E-state index is 6.95. The molecule has 0 saturated heterocycles. The van der Waals surface area contributed by atoms with Gasteiger partial charge in [-0.2, -0.15) is 0 Å². The number of para-hydroxylation sites is 4. The number of anilines is 3. The van der Waals surface area contributed by atoms with Crippen LogP contribution in [0.5, 0.6) is 0 Å².